The number of amides is 1. The number of H-pyrrole nitrogens is 2. The maximum absolute atomic E-state index is 12.4. The van der Waals surface area contributed by atoms with Crippen molar-refractivity contribution < 1.29 is 4.79 Å². The van der Waals surface area contributed by atoms with Crippen molar-refractivity contribution in [2.75, 3.05) is 5.32 Å². The molecule has 0 fully saturated rings. The van der Waals surface area contributed by atoms with Crippen molar-refractivity contribution in [3.63, 3.8) is 0 Å². The van der Waals surface area contributed by atoms with Crippen LogP contribution in [0.15, 0.2) is 59.9 Å². The lowest BCUT2D eigenvalue weighted by Crippen LogP contribution is -2.19. The Hall–Kier alpha value is -4.44. The largest absolute Gasteiger partial charge is 0.335 e. The van der Waals surface area contributed by atoms with Gasteiger partial charge < -0.3 is 10.3 Å². The molecule has 0 bridgehead atoms. The van der Waals surface area contributed by atoms with Gasteiger partial charge in [0.2, 0.25) is 5.91 Å². The van der Waals surface area contributed by atoms with Gasteiger partial charge in [0.25, 0.3) is 0 Å². The number of hydrogen-bond donors (Lipinski definition) is 3. The lowest BCUT2D eigenvalue weighted by molar-refractivity contribution is -0.117. The zero-order valence-electron chi connectivity index (χ0n) is 20.5. The number of hydrogen-bond acceptors (Lipinski definition) is 7. The first kappa shape index (κ1) is 23.0. The first-order valence-corrected chi connectivity index (χ1v) is 12.7. The summed E-state index contributed by atoms with van der Waals surface area (Å²) in [6.45, 7) is 6.10. The molecule has 0 atom stereocenters. The molecule has 0 saturated carbocycles. The fourth-order valence-electron chi connectivity index (χ4n) is 4.27. The number of aromatic nitrogens is 7. The molecule has 6 heterocycles. The number of rotatable bonds is 5. The van der Waals surface area contributed by atoms with Crippen LogP contribution in [0, 0.1) is 5.41 Å². The normalized spacial score (nSPS) is 11.9. The van der Waals surface area contributed by atoms with Crippen LogP contribution < -0.4 is 5.32 Å². The van der Waals surface area contributed by atoms with E-state index in [-0.39, 0.29) is 11.3 Å². The average molecular weight is 509 g/mol. The Bertz CT molecular complexity index is 1740. The number of fused-ring (bicyclic) bond motifs is 2. The summed E-state index contributed by atoms with van der Waals surface area (Å²) in [5.41, 5.74) is 7.28. The molecule has 0 aromatic carbocycles. The Morgan fingerprint density at radius 1 is 1.03 bits per heavy atom. The number of pyridine rings is 3. The monoisotopic (exact) mass is 508 g/mol. The van der Waals surface area contributed by atoms with Crippen molar-refractivity contribution >= 4 is 45.0 Å². The van der Waals surface area contributed by atoms with Gasteiger partial charge in [0, 0.05) is 41.7 Å². The number of anilines is 1. The standard InChI is InChI=1S/C27H24N8OS/c1-27(2,3)8-22(36)31-18-6-16(9-28-11-18)17-7-19-24(34-35-25(19)30-10-17)26-32-21-13-29-12-20(23(21)33-26)15-4-5-37-14-15/h4-7,9-14H,8H2,1-3H3,(H,31,36)(H,32,33)(H,30,34,35). The maximum Gasteiger partial charge on any atom is 0.224 e. The van der Waals surface area contributed by atoms with E-state index in [4.69, 9.17) is 4.98 Å². The molecule has 0 saturated heterocycles. The summed E-state index contributed by atoms with van der Waals surface area (Å²) in [4.78, 5) is 33.9. The number of aromatic amines is 2. The quantitative estimate of drug-likeness (QED) is 0.260. The van der Waals surface area contributed by atoms with Crippen LogP contribution in [-0.4, -0.2) is 41.0 Å². The fourth-order valence-corrected chi connectivity index (χ4v) is 4.92. The molecule has 9 nitrogen and oxygen atoms in total. The van der Waals surface area contributed by atoms with Crippen LogP contribution in [0.3, 0.4) is 0 Å². The van der Waals surface area contributed by atoms with E-state index >= 15 is 0 Å². The summed E-state index contributed by atoms with van der Waals surface area (Å²) in [6, 6.07) is 5.96. The molecule has 10 heteroatoms. The summed E-state index contributed by atoms with van der Waals surface area (Å²) in [5, 5.41) is 15.4. The van der Waals surface area contributed by atoms with Gasteiger partial charge in [-0.1, -0.05) is 20.8 Å². The number of carbonyl (C=O) groups is 1. The number of thiophene rings is 1. The predicted molar refractivity (Wildman–Crippen MR) is 146 cm³/mol. The zero-order valence-corrected chi connectivity index (χ0v) is 21.3. The summed E-state index contributed by atoms with van der Waals surface area (Å²) >= 11 is 1.64. The van der Waals surface area contributed by atoms with Crippen molar-refractivity contribution in [2.45, 2.75) is 27.2 Å². The molecule has 0 unspecified atom stereocenters. The highest BCUT2D eigenvalue weighted by Gasteiger charge is 2.18. The molecule has 0 radical (unpaired) electrons. The van der Waals surface area contributed by atoms with Crippen LogP contribution in [-0.2, 0) is 4.79 Å². The van der Waals surface area contributed by atoms with Crippen LogP contribution >= 0.6 is 11.3 Å². The van der Waals surface area contributed by atoms with Crippen molar-refractivity contribution in [1.82, 2.24) is 35.1 Å². The van der Waals surface area contributed by atoms with Gasteiger partial charge in [-0.15, -0.1) is 0 Å². The third kappa shape index (κ3) is 4.58. The molecule has 3 N–H and O–H groups in total. The minimum atomic E-state index is -0.0983. The van der Waals surface area contributed by atoms with Crippen molar-refractivity contribution in [2.24, 2.45) is 5.41 Å². The SMILES string of the molecule is CC(C)(C)CC(=O)Nc1cncc(-c2cnc3[nH]nc(-c4nc5c(-c6ccsc6)cncc5[nH]4)c3c2)c1. The molecule has 0 aliphatic carbocycles. The fraction of sp³-hybridized carbons (Fsp3) is 0.185. The average Bonchev–Trinajstić information content (AvgIpc) is 3.61. The van der Waals surface area contributed by atoms with Gasteiger partial charge in [-0.2, -0.15) is 16.4 Å². The minimum absolute atomic E-state index is 0.0432. The second kappa shape index (κ2) is 8.90. The highest BCUT2D eigenvalue weighted by atomic mass is 32.1. The van der Waals surface area contributed by atoms with Gasteiger partial charge in [-0.25, -0.2) is 9.97 Å². The van der Waals surface area contributed by atoms with Crippen LogP contribution in [0.5, 0.6) is 0 Å². The molecule has 0 aliphatic rings. The Balaban J connectivity index is 1.36. The molecule has 0 spiro atoms. The molecule has 6 rings (SSSR count). The summed E-state index contributed by atoms with van der Waals surface area (Å²) in [5.74, 6) is 0.587. The van der Waals surface area contributed by atoms with Crippen LogP contribution in [0.1, 0.15) is 27.2 Å². The molecular formula is C27H24N8OS. The van der Waals surface area contributed by atoms with E-state index in [0.29, 0.717) is 29.3 Å². The van der Waals surface area contributed by atoms with Gasteiger partial charge >= 0.3 is 0 Å². The Morgan fingerprint density at radius 3 is 2.68 bits per heavy atom. The van der Waals surface area contributed by atoms with Crippen LogP contribution in [0.4, 0.5) is 5.69 Å². The molecule has 0 aliphatic heterocycles. The van der Waals surface area contributed by atoms with E-state index in [0.717, 1.165) is 38.7 Å². The van der Waals surface area contributed by atoms with Gasteiger partial charge in [0.15, 0.2) is 11.5 Å². The second-order valence-electron chi connectivity index (χ2n) is 10.1. The van der Waals surface area contributed by atoms with Crippen LogP contribution in [0.25, 0.3) is 55.8 Å². The van der Waals surface area contributed by atoms with E-state index < -0.39 is 0 Å². The van der Waals surface area contributed by atoms with E-state index in [1.807, 2.05) is 44.5 Å². The number of nitrogens with zero attached hydrogens (tertiary/aromatic N) is 5. The maximum atomic E-state index is 12.4. The Morgan fingerprint density at radius 2 is 1.86 bits per heavy atom. The molecule has 6 aromatic rings. The van der Waals surface area contributed by atoms with Crippen LogP contribution in [0.2, 0.25) is 0 Å². The van der Waals surface area contributed by atoms with Gasteiger partial charge in [0.05, 0.1) is 29.0 Å². The van der Waals surface area contributed by atoms with E-state index in [9.17, 15) is 4.79 Å². The summed E-state index contributed by atoms with van der Waals surface area (Å²) < 4.78 is 0. The third-order valence-electron chi connectivity index (χ3n) is 5.91. The second-order valence-corrected chi connectivity index (χ2v) is 10.9. The Labute approximate surface area is 216 Å². The van der Waals surface area contributed by atoms with Crippen molar-refractivity contribution in [3.8, 4) is 33.8 Å². The molecule has 1 amide bonds. The Kier molecular flexibility index (Phi) is 5.53. The smallest absolute Gasteiger partial charge is 0.224 e. The van der Waals surface area contributed by atoms with Gasteiger partial charge in [0.1, 0.15) is 11.2 Å². The first-order chi connectivity index (χ1) is 17.8. The highest BCUT2D eigenvalue weighted by Crippen LogP contribution is 2.33. The van der Waals surface area contributed by atoms with E-state index in [1.165, 1.54) is 0 Å². The highest BCUT2D eigenvalue weighted by molar-refractivity contribution is 7.08. The first-order valence-electron chi connectivity index (χ1n) is 11.8. The molecule has 184 valence electrons. The minimum Gasteiger partial charge on any atom is -0.335 e. The topological polar surface area (TPSA) is 125 Å². The predicted octanol–water partition coefficient (Wildman–Crippen LogP) is 6.06. The van der Waals surface area contributed by atoms with Gasteiger partial charge in [-0.05, 0) is 39.9 Å². The number of nitrogens with one attached hydrogen (secondary N) is 3. The van der Waals surface area contributed by atoms with Crippen molar-refractivity contribution in [1.29, 1.82) is 0 Å². The van der Waals surface area contributed by atoms with Gasteiger partial charge in [-0.3, -0.25) is 19.9 Å². The number of imidazole rings is 1. The molecular weight excluding hydrogens is 484 g/mol. The number of carbonyl (C=O) groups excluding carboxylic acids is 1. The third-order valence-corrected chi connectivity index (χ3v) is 6.60. The zero-order chi connectivity index (χ0) is 25.6. The molecule has 6 aromatic heterocycles. The van der Waals surface area contributed by atoms with E-state index in [1.54, 1.807) is 36.1 Å². The lowest BCUT2D eigenvalue weighted by Gasteiger charge is -2.17. The van der Waals surface area contributed by atoms with Crippen molar-refractivity contribution in [3.05, 3.63) is 59.9 Å². The lowest BCUT2D eigenvalue weighted by atomic mass is 9.92. The summed E-state index contributed by atoms with van der Waals surface area (Å²) in [7, 11) is 0. The van der Waals surface area contributed by atoms with E-state index in [2.05, 4.69) is 46.9 Å². The summed E-state index contributed by atoms with van der Waals surface area (Å²) in [6.07, 6.45) is 9.18. The molecule has 37 heavy (non-hydrogen) atoms.